The molecule has 1 fully saturated rings. The van der Waals surface area contributed by atoms with Crippen molar-refractivity contribution in [3.8, 4) is 11.1 Å². The second-order valence-electron chi connectivity index (χ2n) is 8.95. The first-order chi connectivity index (χ1) is 17.4. The zero-order valence-corrected chi connectivity index (χ0v) is 20.9. The molecule has 2 amide bonds. The summed E-state index contributed by atoms with van der Waals surface area (Å²) in [4.78, 5) is 32.9. The van der Waals surface area contributed by atoms with Crippen LogP contribution in [0, 0.1) is 6.92 Å². The van der Waals surface area contributed by atoms with Crippen LogP contribution < -0.4 is 10.6 Å². The van der Waals surface area contributed by atoms with Gasteiger partial charge in [0.1, 0.15) is 0 Å². The third-order valence-electron chi connectivity index (χ3n) is 6.41. The fourth-order valence-electron chi connectivity index (χ4n) is 4.36. The number of aliphatic hydroxyl groups excluding tert-OH is 1. The first kappa shape index (κ1) is 24.0. The van der Waals surface area contributed by atoms with Crippen molar-refractivity contribution in [3.63, 3.8) is 0 Å². The van der Waals surface area contributed by atoms with E-state index in [2.05, 4.69) is 37.6 Å². The van der Waals surface area contributed by atoms with Crippen LogP contribution in [0.15, 0.2) is 42.0 Å². The SMILES string of the molecule is Cc1ncc(NC(=O)CN2CCC[C@H]2C)cc1NC(=O)c1nnc2cc(-c3csc(CO)c3)ccn12. The minimum absolute atomic E-state index is 0.00102. The second kappa shape index (κ2) is 10.1. The molecule has 0 unspecified atom stereocenters. The van der Waals surface area contributed by atoms with E-state index in [0.717, 1.165) is 35.4 Å². The number of carbonyl (C=O) groups is 2. The Morgan fingerprint density at radius 1 is 1.19 bits per heavy atom. The second-order valence-corrected chi connectivity index (χ2v) is 9.94. The Balaban J connectivity index is 1.30. The van der Waals surface area contributed by atoms with Gasteiger partial charge in [-0.3, -0.25) is 23.9 Å². The summed E-state index contributed by atoms with van der Waals surface area (Å²) < 4.78 is 1.61. The molecule has 0 aromatic carbocycles. The normalized spacial score (nSPS) is 15.9. The highest BCUT2D eigenvalue weighted by Crippen LogP contribution is 2.27. The van der Waals surface area contributed by atoms with Gasteiger partial charge in [-0.1, -0.05) is 0 Å². The average Bonchev–Trinajstić information content (AvgIpc) is 3.61. The lowest BCUT2D eigenvalue weighted by molar-refractivity contribution is -0.117. The first-order valence-electron chi connectivity index (χ1n) is 11.8. The number of aromatic nitrogens is 4. The number of thiophene rings is 1. The van der Waals surface area contributed by atoms with Crippen molar-refractivity contribution < 1.29 is 14.7 Å². The number of aryl methyl sites for hydroxylation is 1. The van der Waals surface area contributed by atoms with Crippen LogP contribution in [0.1, 0.15) is 41.0 Å². The van der Waals surface area contributed by atoms with Gasteiger partial charge in [0.15, 0.2) is 5.65 Å². The van der Waals surface area contributed by atoms with Crippen LogP contribution in [0.3, 0.4) is 0 Å². The number of aliphatic hydroxyl groups is 1. The van der Waals surface area contributed by atoms with Gasteiger partial charge in [0.05, 0.1) is 36.4 Å². The van der Waals surface area contributed by atoms with E-state index in [4.69, 9.17) is 0 Å². The molecule has 1 atom stereocenters. The van der Waals surface area contributed by atoms with Crippen molar-refractivity contribution in [1.29, 1.82) is 0 Å². The zero-order chi connectivity index (χ0) is 25.2. The molecule has 36 heavy (non-hydrogen) atoms. The van der Waals surface area contributed by atoms with Gasteiger partial charge in [0.2, 0.25) is 11.7 Å². The molecule has 3 N–H and O–H groups in total. The standard InChI is InChI=1S/C25H27N7O3S/c1-15-4-3-6-31(15)12-23(34)27-19-10-21(16(2)26-11-19)28-25(35)24-30-29-22-9-17(5-7-32(22)24)18-8-20(13-33)36-14-18/h5,7-11,14-15,33H,3-4,6,12-13H2,1-2H3,(H,27,34)(H,28,35)/t15-/m1/s1. The van der Waals surface area contributed by atoms with E-state index in [0.29, 0.717) is 35.3 Å². The topological polar surface area (TPSA) is 125 Å². The highest BCUT2D eigenvalue weighted by Gasteiger charge is 2.22. The fraction of sp³-hybridized carbons (Fsp3) is 0.320. The average molecular weight is 506 g/mol. The van der Waals surface area contributed by atoms with Gasteiger partial charge < -0.3 is 15.7 Å². The van der Waals surface area contributed by atoms with E-state index < -0.39 is 5.91 Å². The van der Waals surface area contributed by atoms with Crippen molar-refractivity contribution in [3.05, 3.63) is 58.4 Å². The maximum Gasteiger partial charge on any atom is 0.294 e. The highest BCUT2D eigenvalue weighted by atomic mass is 32.1. The summed E-state index contributed by atoms with van der Waals surface area (Å²) in [5.41, 5.74) is 4.03. The zero-order valence-electron chi connectivity index (χ0n) is 20.1. The Morgan fingerprint density at radius 2 is 2.06 bits per heavy atom. The van der Waals surface area contributed by atoms with Crippen molar-refractivity contribution in [2.24, 2.45) is 0 Å². The van der Waals surface area contributed by atoms with E-state index in [1.165, 1.54) is 11.3 Å². The number of nitrogens with one attached hydrogen (secondary N) is 2. The molecule has 1 aliphatic rings. The number of anilines is 2. The van der Waals surface area contributed by atoms with E-state index in [1.54, 1.807) is 29.8 Å². The Morgan fingerprint density at radius 3 is 2.81 bits per heavy atom. The third kappa shape index (κ3) is 4.99. The maximum atomic E-state index is 13.1. The van der Waals surface area contributed by atoms with Gasteiger partial charge in [0, 0.05) is 17.1 Å². The van der Waals surface area contributed by atoms with E-state index in [-0.39, 0.29) is 18.3 Å². The molecule has 1 aliphatic heterocycles. The van der Waals surface area contributed by atoms with Crippen molar-refractivity contribution >= 4 is 40.2 Å². The van der Waals surface area contributed by atoms with E-state index >= 15 is 0 Å². The molecule has 0 radical (unpaired) electrons. The van der Waals surface area contributed by atoms with Crippen LogP contribution in [-0.4, -0.2) is 60.5 Å². The van der Waals surface area contributed by atoms with Crippen LogP contribution >= 0.6 is 11.3 Å². The number of likely N-dealkylation sites (tertiary alicyclic amines) is 1. The fourth-order valence-corrected chi connectivity index (χ4v) is 5.11. The molecule has 10 nitrogen and oxygen atoms in total. The molecular weight excluding hydrogens is 478 g/mol. The molecule has 0 saturated carbocycles. The molecule has 5 heterocycles. The lowest BCUT2D eigenvalue weighted by atomic mass is 10.1. The number of hydrogen-bond donors (Lipinski definition) is 3. The molecule has 1 saturated heterocycles. The van der Waals surface area contributed by atoms with Crippen LogP contribution in [0.2, 0.25) is 0 Å². The molecule has 4 aromatic heterocycles. The largest absolute Gasteiger partial charge is 0.391 e. The van der Waals surface area contributed by atoms with E-state index in [1.807, 2.05) is 23.6 Å². The lowest BCUT2D eigenvalue weighted by Crippen LogP contribution is -2.35. The Labute approximate surface area is 212 Å². The quantitative estimate of drug-likeness (QED) is 0.352. The van der Waals surface area contributed by atoms with Crippen LogP contribution in [-0.2, 0) is 11.4 Å². The predicted molar refractivity (Wildman–Crippen MR) is 138 cm³/mol. The highest BCUT2D eigenvalue weighted by molar-refractivity contribution is 7.10. The lowest BCUT2D eigenvalue weighted by Gasteiger charge is -2.20. The Hall–Kier alpha value is -3.67. The number of pyridine rings is 2. The first-order valence-corrected chi connectivity index (χ1v) is 12.6. The Bertz CT molecular complexity index is 1430. The molecule has 4 aromatic rings. The smallest absolute Gasteiger partial charge is 0.294 e. The summed E-state index contributed by atoms with van der Waals surface area (Å²) in [5, 5.41) is 25.2. The molecule has 11 heteroatoms. The molecular formula is C25H27N7O3S. The summed E-state index contributed by atoms with van der Waals surface area (Å²) in [5.74, 6) is -0.412. The molecule has 186 valence electrons. The summed E-state index contributed by atoms with van der Waals surface area (Å²) in [6.45, 7) is 5.16. The molecule has 0 aliphatic carbocycles. The van der Waals surface area contributed by atoms with Crippen LogP contribution in [0.5, 0.6) is 0 Å². The van der Waals surface area contributed by atoms with Crippen molar-refractivity contribution in [1.82, 2.24) is 24.5 Å². The monoisotopic (exact) mass is 505 g/mol. The van der Waals surface area contributed by atoms with E-state index in [9.17, 15) is 14.7 Å². The predicted octanol–water partition coefficient (Wildman–Crippen LogP) is 3.33. The van der Waals surface area contributed by atoms with Crippen LogP contribution in [0.4, 0.5) is 11.4 Å². The molecule has 0 bridgehead atoms. The van der Waals surface area contributed by atoms with Gasteiger partial charge in [-0.25, -0.2) is 0 Å². The number of fused-ring (bicyclic) bond motifs is 1. The van der Waals surface area contributed by atoms with Gasteiger partial charge >= 0.3 is 0 Å². The number of amides is 2. The molecule has 5 rings (SSSR count). The van der Waals surface area contributed by atoms with Crippen molar-refractivity contribution in [2.75, 3.05) is 23.7 Å². The number of nitrogens with zero attached hydrogens (tertiary/aromatic N) is 5. The summed E-state index contributed by atoms with van der Waals surface area (Å²) in [6.07, 6.45) is 5.54. The summed E-state index contributed by atoms with van der Waals surface area (Å²) in [6, 6.07) is 7.74. The van der Waals surface area contributed by atoms with Crippen LogP contribution in [0.25, 0.3) is 16.8 Å². The number of hydrogen-bond acceptors (Lipinski definition) is 8. The number of rotatable bonds is 7. The Kier molecular flexibility index (Phi) is 6.77. The molecule has 0 spiro atoms. The minimum atomic E-state index is -0.437. The number of carbonyl (C=O) groups excluding carboxylic acids is 2. The maximum absolute atomic E-state index is 13.1. The third-order valence-corrected chi connectivity index (χ3v) is 7.33. The van der Waals surface area contributed by atoms with Gasteiger partial charge in [-0.05, 0) is 74.0 Å². The summed E-state index contributed by atoms with van der Waals surface area (Å²) in [7, 11) is 0. The summed E-state index contributed by atoms with van der Waals surface area (Å²) >= 11 is 1.48. The van der Waals surface area contributed by atoms with Gasteiger partial charge in [0.25, 0.3) is 5.91 Å². The van der Waals surface area contributed by atoms with Gasteiger partial charge in [-0.2, -0.15) is 0 Å². The minimum Gasteiger partial charge on any atom is -0.391 e. The van der Waals surface area contributed by atoms with Crippen molar-refractivity contribution in [2.45, 2.75) is 39.3 Å². The van der Waals surface area contributed by atoms with Gasteiger partial charge in [-0.15, -0.1) is 21.5 Å².